The van der Waals surface area contributed by atoms with Crippen molar-refractivity contribution >= 4 is 39.0 Å². The summed E-state index contributed by atoms with van der Waals surface area (Å²) in [6, 6.07) is 9.16. The molecule has 0 unspecified atom stereocenters. The SMILES string of the molecule is Cc1ccc(S(=O)(=O)N2CCN(C(=O)CSc3nnnn3Cc3cccs3)CC2)cc1C. The fourth-order valence-electron chi connectivity index (χ4n) is 3.37. The molecule has 9 nitrogen and oxygen atoms in total. The second kappa shape index (κ2) is 9.69. The first-order chi connectivity index (χ1) is 15.3. The van der Waals surface area contributed by atoms with Crippen molar-refractivity contribution in [2.45, 2.75) is 30.4 Å². The molecule has 32 heavy (non-hydrogen) atoms. The molecule has 3 heterocycles. The van der Waals surface area contributed by atoms with E-state index in [1.807, 2.05) is 37.4 Å². The van der Waals surface area contributed by atoms with Crippen LogP contribution in [-0.2, 0) is 21.4 Å². The number of hydrogen-bond acceptors (Lipinski definition) is 8. The zero-order valence-corrected chi connectivity index (χ0v) is 20.3. The molecule has 170 valence electrons. The second-order valence-electron chi connectivity index (χ2n) is 7.52. The molecule has 0 N–H and O–H groups in total. The predicted octanol–water partition coefficient (Wildman–Crippen LogP) is 2.02. The molecule has 2 aromatic heterocycles. The van der Waals surface area contributed by atoms with Crippen LogP contribution in [0.3, 0.4) is 0 Å². The van der Waals surface area contributed by atoms with Crippen LogP contribution < -0.4 is 0 Å². The topological polar surface area (TPSA) is 101 Å². The van der Waals surface area contributed by atoms with Gasteiger partial charge in [0.1, 0.15) is 0 Å². The van der Waals surface area contributed by atoms with Crippen molar-refractivity contribution in [1.82, 2.24) is 29.4 Å². The lowest BCUT2D eigenvalue weighted by Gasteiger charge is -2.34. The highest BCUT2D eigenvalue weighted by atomic mass is 32.2. The van der Waals surface area contributed by atoms with Gasteiger partial charge in [0.05, 0.1) is 17.2 Å². The maximum atomic E-state index is 13.0. The molecule has 0 spiro atoms. The zero-order chi connectivity index (χ0) is 22.7. The highest BCUT2D eigenvalue weighted by molar-refractivity contribution is 7.99. The van der Waals surface area contributed by atoms with Gasteiger partial charge >= 0.3 is 0 Å². The number of carbonyl (C=O) groups excluding carboxylic acids is 1. The average molecular weight is 493 g/mol. The molecule has 1 saturated heterocycles. The van der Waals surface area contributed by atoms with Gasteiger partial charge in [0.25, 0.3) is 0 Å². The highest BCUT2D eigenvalue weighted by Crippen LogP contribution is 2.22. The Morgan fingerprint density at radius 1 is 1.12 bits per heavy atom. The maximum Gasteiger partial charge on any atom is 0.243 e. The van der Waals surface area contributed by atoms with Gasteiger partial charge in [-0.2, -0.15) is 4.31 Å². The van der Waals surface area contributed by atoms with Crippen LogP contribution in [0.2, 0.25) is 0 Å². The number of carbonyl (C=O) groups is 1. The first kappa shape index (κ1) is 22.9. The summed E-state index contributed by atoms with van der Waals surface area (Å²) < 4.78 is 29.1. The normalized spacial score (nSPS) is 15.2. The minimum absolute atomic E-state index is 0.0519. The minimum atomic E-state index is -3.57. The summed E-state index contributed by atoms with van der Waals surface area (Å²) in [4.78, 5) is 15.8. The van der Waals surface area contributed by atoms with Gasteiger partial charge in [0.2, 0.25) is 21.1 Å². The zero-order valence-electron chi connectivity index (χ0n) is 17.8. The van der Waals surface area contributed by atoms with Gasteiger partial charge in [-0.25, -0.2) is 13.1 Å². The molecule has 1 aliphatic rings. The molecular formula is C20H24N6O3S3. The minimum Gasteiger partial charge on any atom is -0.339 e. The van der Waals surface area contributed by atoms with E-state index in [-0.39, 0.29) is 24.7 Å². The molecule has 0 radical (unpaired) electrons. The average Bonchev–Trinajstić information content (AvgIpc) is 3.46. The summed E-state index contributed by atoms with van der Waals surface area (Å²) in [7, 11) is -3.57. The van der Waals surface area contributed by atoms with Gasteiger partial charge in [-0.3, -0.25) is 4.79 Å². The van der Waals surface area contributed by atoms with Crippen molar-refractivity contribution in [1.29, 1.82) is 0 Å². The monoisotopic (exact) mass is 492 g/mol. The number of rotatable bonds is 7. The number of aromatic nitrogens is 4. The van der Waals surface area contributed by atoms with Gasteiger partial charge in [-0.05, 0) is 59.0 Å². The van der Waals surface area contributed by atoms with Crippen LogP contribution in [0.25, 0.3) is 0 Å². The predicted molar refractivity (Wildman–Crippen MR) is 123 cm³/mol. The summed E-state index contributed by atoms with van der Waals surface area (Å²) in [5.41, 5.74) is 2.00. The molecule has 12 heteroatoms. The van der Waals surface area contributed by atoms with Crippen LogP contribution in [0.1, 0.15) is 16.0 Å². The van der Waals surface area contributed by atoms with Crippen LogP contribution in [0.4, 0.5) is 0 Å². The van der Waals surface area contributed by atoms with Gasteiger partial charge in [0.15, 0.2) is 0 Å². The number of thiophene rings is 1. The Kier molecular flexibility index (Phi) is 6.93. The third kappa shape index (κ3) is 5.03. The van der Waals surface area contributed by atoms with E-state index in [0.717, 1.165) is 16.0 Å². The molecule has 0 saturated carbocycles. The quantitative estimate of drug-likeness (QED) is 0.465. The maximum absolute atomic E-state index is 13.0. The third-order valence-corrected chi connectivity index (χ3v) is 9.11. The second-order valence-corrected chi connectivity index (χ2v) is 11.4. The number of thioether (sulfide) groups is 1. The molecule has 3 aromatic rings. The largest absolute Gasteiger partial charge is 0.339 e. The van der Waals surface area contributed by atoms with Crippen molar-refractivity contribution in [2.75, 3.05) is 31.9 Å². The lowest BCUT2D eigenvalue weighted by atomic mass is 10.1. The Hall–Kier alpha value is -2.28. The van der Waals surface area contributed by atoms with Crippen LogP contribution in [0.5, 0.6) is 0 Å². The molecule has 1 fully saturated rings. The van der Waals surface area contributed by atoms with Crippen LogP contribution in [0.15, 0.2) is 45.8 Å². The van der Waals surface area contributed by atoms with E-state index in [4.69, 9.17) is 0 Å². The fraction of sp³-hybridized carbons (Fsp3) is 0.400. The summed E-state index contributed by atoms with van der Waals surface area (Å²) >= 11 is 2.92. The smallest absolute Gasteiger partial charge is 0.243 e. The molecule has 0 aliphatic carbocycles. The molecular weight excluding hydrogens is 468 g/mol. The lowest BCUT2D eigenvalue weighted by molar-refractivity contribution is -0.129. The van der Waals surface area contributed by atoms with Gasteiger partial charge in [0, 0.05) is 31.1 Å². The van der Waals surface area contributed by atoms with Gasteiger partial charge in [-0.1, -0.05) is 23.9 Å². The summed E-state index contributed by atoms with van der Waals surface area (Å²) in [6.45, 7) is 5.71. The van der Waals surface area contributed by atoms with Crippen molar-refractivity contribution in [3.63, 3.8) is 0 Å². The number of tetrazole rings is 1. The Balaban J connectivity index is 1.31. The van der Waals surface area contributed by atoms with E-state index in [2.05, 4.69) is 15.5 Å². The van der Waals surface area contributed by atoms with E-state index >= 15 is 0 Å². The van der Waals surface area contributed by atoms with E-state index in [1.54, 1.807) is 33.1 Å². The van der Waals surface area contributed by atoms with E-state index in [9.17, 15) is 13.2 Å². The lowest BCUT2D eigenvalue weighted by Crippen LogP contribution is -2.51. The number of nitrogens with zero attached hydrogens (tertiary/aromatic N) is 6. The number of amides is 1. The summed E-state index contributed by atoms with van der Waals surface area (Å²) in [5, 5.41) is 14.3. The van der Waals surface area contributed by atoms with Crippen molar-refractivity contribution in [3.05, 3.63) is 51.7 Å². The number of aryl methyl sites for hydroxylation is 2. The van der Waals surface area contributed by atoms with Crippen LogP contribution in [0, 0.1) is 13.8 Å². The molecule has 1 aromatic carbocycles. The van der Waals surface area contributed by atoms with E-state index in [1.165, 1.54) is 16.1 Å². The number of benzene rings is 1. The van der Waals surface area contributed by atoms with E-state index in [0.29, 0.717) is 29.7 Å². The van der Waals surface area contributed by atoms with Crippen LogP contribution >= 0.6 is 23.1 Å². The summed E-state index contributed by atoms with van der Waals surface area (Å²) in [5.74, 6) is 0.151. The first-order valence-corrected chi connectivity index (χ1v) is 13.4. The van der Waals surface area contributed by atoms with Crippen molar-refractivity contribution in [2.24, 2.45) is 0 Å². The van der Waals surface area contributed by atoms with Crippen molar-refractivity contribution < 1.29 is 13.2 Å². The molecule has 1 amide bonds. The van der Waals surface area contributed by atoms with E-state index < -0.39 is 10.0 Å². The van der Waals surface area contributed by atoms with Gasteiger partial charge < -0.3 is 4.90 Å². The fourth-order valence-corrected chi connectivity index (χ4v) is 6.34. The molecule has 0 atom stereocenters. The summed E-state index contributed by atoms with van der Waals surface area (Å²) in [6.07, 6.45) is 0. The Morgan fingerprint density at radius 3 is 2.59 bits per heavy atom. The third-order valence-electron chi connectivity index (χ3n) is 5.42. The number of hydrogen-bond donors (Lipinski definition) is 0. The first-order valence-electron chi connectivity index (χ1n) is 10.1. The van der Waals surface area contributed by atoms with Crippen LogP contribution in [-0.4, -0.2) is 75.7 Å². The number of piperazine rings is 1. The Morgan fingerprint density at radius 2 is 1.91 bits per heavy atom. The number of sulfonamides is 1. The molecule has 4 rings (SSSR count). The van der Waals surface area contributed by atoms with Gasteiger partial charge in [-0.15, -0.1) is 16.4 Å². The standard InChI is InChI=1S/C20H24N6O3S3/c1-15-5-6-18(12-16(15)2)32(28,29)25-9-7-24(8-10-25)19(27)14-31-20-21-22-23-26(20)13-17-4-3-11-30-17/h3-6,11-12H,7-10,13-14H2,1-2H3. The highest BCUT2D eigenvalue weighted by Gasteiger charge is 2.30. The molecule has 1 aliphatic heterocycles. The Labute approximate surface area is 195 Å². The molecule has 0 bridgehead atoms. The Bertz CT molecular complexity index is 1190. The van der Waals surface area contributed by atoms with Crippen molar-refractivity contribution in [3.8, 4) is 0 Å².